The van der Waals surface area contributed by atoms with Gasteiger partial charge >= 0.3 is 0 Å². The molecule has 22 heavy (non-hydrogen) atoms. The lowest BCUT2D eigenvalue weighted by Gasteiger charge is -2.49. The summed E-state index contributed by atoms with van der Waals surface area (Å²) in [7, 11) is 0. The molecule has 2 aromatic rings. The van der Waals surface area contributed by atoms with Crippen LogP contribution in [0.4, 0.5) is 0 Å². The lowest BCUT2D eigenvalue weighted by Crippen LogP contribution is -2.43. The fourth-order valence-corrected chi connectivity index (χ4v) is 4.23. The van der Waals surface area contributed by atoms with Crippen molar-refractivity contribution in [3.8, 4) is 5.75 Å². The molecule has 0 saturated heterocycles. The fourth-order valence-electron chi connectivity index (χ4n) is 4.23. The van der Waals surface area contributed by atoms with E-state index in [1.165, 1.54) is 5.56 Å². The van der Waals surface area contributed by atoms with Crippen molar-refractivity contribution in [3.05, 3.63) is 65.7 Å². The molecule has 118 valence electrons. The highest BCUT2D eigenvalue weighted by Crippen LogP contribution is 2.54. The van der Waals surface area contributed by atoms with E-state index in [4.69, 9.17) is 0 Å². The van der Waals surface area contributed by atoms with Crippen molar-refractivity contribution < 1.29 is 5.11 Å². The minimum Gasteiger partial charge on any atom is -0.508 e. The van der Waals surface area contributed by atoms with E-state index in [1.807, 2.05) is 18.2 Å². The van der Waals surface area contributed by atoms with Gasteiger partial charge in [0.05, 0.1) is 0 Å². The Kier molecular flexibility index (Phi) is 4.95. The highest BCUT2D eigenvalue weighted by Gasteiger charge is 2.47. The Labute approximate surface area is 135 Å². The van der Waals surface area contributed by atoms with Crippen molar-refractivity contribution in [1.29, 1.82) is 0 Å². The van der Waals surface area contributed by atoms with E-state index in [1.54, 1.807) is 0 Å². The van der Waals surface area contributed by atoms with Crippen molar-refractivity contribution >= 4 is 0 Å². The van der Waals surface area contributed by atoms with Crippen molar-refractivity contribution in [2.75, 3.05) is 0 Å². The number of rotatable bonds is 6. The molecule has 1 N–H and O–H groups in total. The molecular weight excluding hydrogens is 268 g/mol. The van der Waals surface area contributed by atoms with Crippen LogP contribution in [0.3, 0.4) is 0 Å². The highest BCUT2D eigenvalue weighted by molar-refractivity contribution is 5.48. The quantitative estimate of drug-likeness (QED) is 0.702. The molecule has 1 atom stereocenters. The maximum Gasteiger partial charge on any atom is 0.119 e. The largest absolute Gasteiger partial charge is 0.508 e. The number of phenolic OH excluding ortho intramolecular Hbond substituents is 1. The Morgan fingerprint density at radius 1 is 0.773 bits per heavy atom. The summed E-state index contributed by atoms with van der Waals surface area (Å²) in [6.45, 7) is 9.12. The summed E-state index contributed by atoms with van der Waals surface area (Å²) in [5.74, 6) is 0.397. The first-order chi connectivity index (χ1) is 10.6. The summed E-state index contributed by atoms with van der Waals surface area (Å²) in [6.07, 6.45) is 3.25. The second-order valence-electron chi connectivity index (χ2n) is 6.35. The average Bonchev–Trinajstić information content (AvgIpc) is 2.58. The molecule has 1 unspecified atom stereocenters. The van der Waals surface area contributed by atoms with Gasteiger partial charge in [0, 0.05) is 11.0 Å². The third kappa shape index (κ3) is 2.43. The van der Waals surface area contributed by atoms with Gasteiger partial charge in [-0.15, -0.1) is 0 Å². The molecule has 0 radical (unpaired) electrons. The second kappa shape index (κ2) is 6.56. The van der Waals surface area contributed by atoms with E-state index in [0.717, 1.165) is 24.8 Å². The van der Waals surface area contributed by atoms with Gasteiger partial charge in [0.2, 0.25) is 0 Å². The molecule has 0 saturated carbocycles. The Morgan fingerprint density at radius 2 is 1.27 bits per heavy atom. The monoisotopic (exact) mass is 296 g/mol. The maximum absolute atomic E-state index is 10.6. The van der Waals surface area contributed by atoms with Crippen LogP contribution in [-0.2, 0) is 5.41 Å². The second-order valence-corrected chi connectivity index (χ2v) is 6.35. The van der Waals surface area contributed by atoms with Crippen LogP contribution in [-0.4, -0.2) is 5.11 Å². The van der Waals surface area contributed by atoms with E-state index < -0.39 is 0 Å². The zero-order valence-corrected chi connectivity index (χ0v) is 14.3. The normalized spacial score (nSPS) is 14.5. The van der Waals surface area contributed by atoms with Crippen LogP contribution in [0.2, 0.25) is 0 Å². The van der Waals surface area contributed by atoms with Gasteiger partial charge in [0.1, 0.15) is 5.75 Å². The molecule has 0 aliphatic rings. The van der Waals surface area contributed by atoms with Crippen molar-refractivity contribution in [1.82, 2.24) is 0 Å². The van der Waals surface area contributed by atoms with Crippen LogP contribution in [0.15, 0.2) is 54.6 Å². The van der Waals surface area contributed by atoms with Crippen molar-refractivity contribution in [2.45, 2.75) is 52.4 Å². The molecule has 0 spiro atoms. The molecular formula is C21H28O. The highest BCUT2D eigenvalue weighted by atomic mass is 16.3. The van der Waals surface area contributed by atoms with Crippen LogP contribution in [0.25, 0.3) is 0 Å². The van der Waals surface area contributed by atoms with Gasteiger partial charge in [-0.2, -0.15) is 0 Å². The van der Waals surface area contributed by atoms with E-state index in [-0.39, 0.29) is 10.8 Å². The molecule has 0 heterocycles. The van der Waals surface area contributed by atoms with Gasteiger partial charge in [-0.3, -0.25) is 0 Å². The first-order valence-corrected chi connectivity index (χ1v) is 8.39. The van der Waals surface area contributed by atoms with E-state index in [0.29, 0.717) is 5.75 Å². The molecule has 0 bridgehead atoms. The van der Waals surface area contributed by atoms with E-state index >= 15 is 0 Å². The van der Waals surface area contributed by atoms with E-state index in [9.17, 15) is 5.11 Å². The lowest BCUT2D eigenvalue weighted by atomic mass is 9.54. The molecule has 2 aromatic carbocycles. The Bertz CT molecular complexity index is 590. The van der Waals surface area contributed by atoms with Gasteiger partial charge in [-0.25, -0.2) is 0 Å². The number of aromatic hydroxyl groups is 1. The van der Waals surface area contributed by atoms with E-state index in [2.05, 4.69) is 64.1 Å². The van der Waals surface area contributed by atoms with Gasteiger partial charge in [0.25, 0.3) is 0 Å². The van der Waals surface area contributed by atoms with Crippen LogP contribution in [0, 0.1) is 5.41 Å². The molecule has 0 amide bonds. The summed E-state index contributed by atoms with van der Waals surface area (Å²) in [6, 6.07) is 18.5. The standard InChI is InChI=1S/C21H28O/c1-5-21(6-2,7-3)20(4,17-13-9-8-10-14-17)18-15-11-12-16-19(18)22/h8-16,22H,5-7H2,1-4H3. The number of phenols is 1. The topological polar surface area (TPSA) is 20.2 Å². The minimum absolute atomic E-state index is 0.118. The number of hydrogen-bond acceptors (Lipinski definition) is 1. The molecule has 0 aliphatic carbocycles. The molecule has 0 fully saturated rings. The van der Waals surface area contributed by atoms with Crippen LogP contribution < -0.4 is 0 Å². The zero-order valence-electron chi connectivity index (χ0n) is 14.3. The van der Waals surface area contributed by atoms with Crippen LogP contribution in [0.5, 0.6) is 5.75 Å². The summed E-state index contributed by atoms with van der Waals surface area (Å²) >= 11 is 0. The lowest BCUT2D eigenvalue weighted by molar-refractivity contribution is 0.136. The van der Waals surface area contributed by atoms with Gasteiger partial charge in [-0.1, -0.05) is 76.2 Å². The number of hydrogen-bond donors (Lipinski definition) is 1. The third-order valence-corrected chi connectivity index (χ3v) is 5.88. The van der Waals surface area contributed by atoms with Gasteiger partial charge in [-0.05, 0) is 36.3 Å². The first kappa shape index (κ1) is 16.6. The SMILES string of the molecule is CCC(CC)(CC)C(C)(c1ccccc1)c1ccccc1O. The predicted octanol–water partition coefficient (Wildman–Crippen LogP) is 5.91. The average molecular weight is 296 g/mol. The molecule has 0 aliphatic heterocycles. The molecule has 2 rings (SSSR count). The smallest absolute Gasteiger partial charge is 0.119 e. The summed E-state index contributed by atoms with van der Waals surface area (Å²) < 4.78 is 0. The third-order valence-electron chi connectivity index (χ3n) is 5.88. The molecule has 1 nitrogen and oxygen atoms in total. The Hall–Kier alpha value is -1.76. The Balaban J connectivity index is 2.78. The first-order valence-electron chi connectivity index (χ1n) is 8.39. The molecule has 1 heteroatoms. The summed E-state index contributed by atoms with van der Waals surface area (Å²) in [5, 5.41) is 10.6. The number of benzene rings is 2. The molecule has 0 aromatic heterocycles. The summed E-state index contributed by atoms with van der Waals surface area (Å²) in [4.78, 5) is 0. The van der Waals surface area contributed by atoms with Crippen molar-refractivity contribution in [3.63, 3.8) is 0 Å². The van der Waals surface area contributed by atoms with Crippen molar-refractivity contribution in [2.24, 2.45) is 5.41 Å². The summed E-state index contributed by atoms with van der Waals surface area (Å²) in [5.41, 5.74) is 2.22. The van der Waals surface area contributed by atoms with Crippen LogP contribution >= 0.6 is 0 Å². The maximum atomic E-state index is 10.6. The minimum atomic E-state index is -0.210. The Morgan fingerprint density at radius 3 is 1.77 bits per heavy atom. The van der Waals surface area contributed by atoms with Gasteiger partial charge in [0.15, 0.2) is 0 Å². The van der Waals surface area contributed by atoms with Crippen LogP contribution in [0.1, 0.15) is 58.1 Å². The zero-order chi connectivity index (χ0) is 16.2. The predicted molar refractivity (Wildman–Crippen MR) is 94.3 cm³/mol. The fraction of sp³-hybridized carbons (Fsp3) is 0.429. The van der Waals surface area contributed by atoms with Gasteiger partial charge < -0.3 is 5.11 Å². The number of para-hydroxylation sites is 1.